The van der Waals surface area contributed by atoms with Crippen LogP contribution in [0.3, 0.4) is 0 Å². The molecule has 2 rings (SSSR count). The zero-order valence-electron chi connectivity index (χ0n) is 15.0. The SMILES string of the molecule is COc1ccc(C(Cc2ccccc2)N(CCOCC(=O)Cl)C(=O)O)cc1. The minimum atomic E-state index is -1.06. The number of methoxy groups -OCH3 is 1. The summed E-state index contributed by atoms with van der Waals surface area (Å²) in [7, 11) is 1.58. The fourth-order valence-corrected chi connectivity index (χ4v) is 2.85. The van der Waals surface area contributed by atoms with Gasteiger partial charge >= 0.3 is 6.09 Å². The molecular formula is C20H22ClNO5. The van der Waals surface area contributed by atoms with Gasteiger partial charge in [0.05, 0.1) is 19.8 Å². The summed E-state index contributed by atoms with van der Waals surface area (Å²) in [4.78, 5) is 24.0. The highest BCUT2D eigenvalue weighted by Crippen LogP contribution is 2.27. The Labute approximate surface area is 163 Å². The highest BCUT2D eigenvalue weighted by molar-refractivity contribution is 6.63. The van der Waals surface area contributed by atoms with E-state index in [1.165, 1.54) is 4.90 Å². The van der Waals surface area contributed by atoms with E-state index in [1.54, 1.807) is 19.2 Å². The third-order valence-corrected chi connectivity index (χ3v) is 4.20. The molecular weight excluding hydrogens is 370 g/mol. The van der Waals surface area contributed by atoms with E-state index in [0.29, 0.717) is 12.2 Å². The molecule has 2 aromatic carbocycles. The second kappa shape index (κ2) is 10.5. The quantitative estimate of drug-likeness (QED) is 0.493. The fraction of sp³-hybridized carbons (Fsp3) is 0.300. The molecule has 6 nitrogen and oxygen atoms in total. The number of carbonyl (C=O) groups excluding carboxylic acids is 1. The summed E-state index contributed by atoms with van der Waals surface area (Å²) in [5.41, 5.74) is 1.86. The molecule has 0 spiro atoms. The summed E-state index contributed by atoms with van der Waals surface area (Å²) in [5.74, 6) is 0.697. The van der Waals surface area contributed by atoms with E-state index in [4.69, 9.17) is 21.1 Å². The van der Waals surface area contributed by atoms with Crippen LogP contribution in [0.15, 0.2) is 54.6 Å². The van der Waals surface area contributed by atoms with Gasteiger partial charge in [-0.2, -0.15) is 0 Å². The lowest BCUT2D eigenvalue weighted by Gasteiger charge is -2.30. The van der Waals surface area contributed by atoms with Crippen LogP contribution < -0.4 is 4.74 Å². The summed E-state index contributed by atoms with van der Waals surface area (Å²) in [6.45, 7) is -0.0594. The van der Waals surface area contributed by atoms with Crippen molar-refractivity contribution in [2.75, 3.05) is 26.9 Å². The molecule has 0 aliphatic rings. The maximum absolute atomic E-state index is 11.9. The molecule has 1 atom stereocenters. The zero-order chi connectivity index (χ0) is 19.6. The minimum Gasteiger partial charge on any atom is -0.497 e. The maximum atomic E-state index is 11.9. The first-order chi connectivity index (χ1) is 13.0. The van der Waals surface area contributed by atoms with Gasteiger partial charge in [0.2, 0.25) is 5.24 Å². The van der Waals surface area contributed by atoms with Crippen LogP contribution in [0.5, 0.6) is 5.75 Å². The highest BCUT2D eigenvalue weighted by atomic mass is 35.5. The Kier molecular flexibility index (Phi) is 8.10. The Bertz CT molecular complexity index is 736. The van der Waals surface area contributed by atoms with Gasteiger partial charge in [-0.1, -0.05) is 42.5 Å². The van der Waals surface area contributed by atoms with E-state index in [2.05, 4.69) is 0 Å². The highest BCUT2D eigenvalue weighted by Gasteiger charge is 2.25. The van der Waals surface area contributed by atoms with Crippen molar-refractivity contribution in [3.8, 4) is 5.75 Å². The van der Waals surface area contributed by atoms with Crippen LogP contribution in [-0.4, -0.2) is 48.2 Å². The van der Waals surface area contributed by atoms with Crippen molar-refractivity contribution < 1.29 is 24.2 Å². The van der Waals surface area contributed by atoms with Crippen molar-refractivity contribution in [1.29, 1.82) is 0 Å². The standard InChI is InChI=1S/C20H22ClNO5/c1-26-17-9-7-16(8-10-17)18(13-15-5-3-2-4-6-15)22(20(24)25)11-12-27-14-19(21)23/h2-10,18H,11-14H2,1H3,(H,24,25). The molecule has 0 radical (unpaired) electrons. The third kappa shape index (κ3) is 6.58. The van der Waals surface area contributed by atoms with Gasteiger partial charge in [0.25, 0.3) is 0 Å². The van der Waals surface area contributed by atoms with Crippen molar-refractivity contribution in [2.45, 2.75) is 12.5 Å². The molecule has 0 aliphatic heterocycles. The summed E-state index contributed by atoms with van der Waals surface area (Å²) in [5, 5.41) is 9.13. The number of rotatable bonds is 10. The van der Waals surface area contributed by atoms with Crippen LogP contribution in [0.1, 0.15) is 17.2 Å². The molecule has 0 aliphatic carbocycles. The average molecular weight is 392 g/mol. The van der Waals surface area contributed by atoms with Gasteiger partial charge in [-0.05, 0) is 41.3 Å². The number of halogens is 1. The number of nitrogens with zero attached hydrogens (tertiary/aromatic N) is 1. The lowest BCUT2D eigenvalue weighted by molar-refractivity contribution is -0.116. The van der Waals surface area contributed by atoms with E-state index in [9.17, 15) is 14.7 Å². The van der Waals surface area contributed by atoms with Gasteiger partial charge in [-0.25, -0.2) is 4.79 Å². The average Bonchev–Trinajstić information content (AvgIpc) is 2.67. The predicted octanol–water partition coefficient (Wildman–Crippen LogP) is 3.74. The van der Waals surface area contributed by atoms with Crippen LogP contribution >= 0.6 is 11.6 Å². The van der Waals surface area contributed by atoms with E-state index < -0.39 is 17.4 Å². The molecule has 0 saturated heterocycles. The van der Waals surface area contributed by atoms with Crippen molar-refractivity contribution in [3.05, 3.63) is 65.7 Å². The number of carbonyl (C=O) groups is 2. The monoisotopic (exact) mass is 391 g/mol. The smallest absolute Gasteiger partial charge is 0.407 e. The zero-order valence-corrected chi connectivity index (χ0v) is 15.8. The van der Waals surface area contributed by atoms with Gasteiger partial charge in [0, 0.05) is 6.54 Å². The molecule has 1 amide bonds. The number of ether oxygens (including phenoxy) is 2. The second-order valence-electron chi connectivity index (χ2n) is 5.86. The molecule has 0 heterocycles. The number of hydrogen-bond donors (Lipinski definition) is 1. The molecule has 0 aromatic heterocycles. The first kappa shape index (κ1) is 20.7. The minimum absolute atomic E-state index is 0.0756. The second-order valence-corrected chi connectivity index (χ2v) is 6.28. The van der Waals surface area contributed by atoms with Gasteiger partial charge < -0.3 is 14.6 Å². The van der Waals surface area contributed by atoms with Crippen molar-refractivity contribution >= 4 is 22.9 Å². The number of amides is 1. The van der Waals surface area contributed by atoms with Crippen LogP contribution in [0, 0.1) is 0 Å². The molecule has 1 N–H and O–H groups in total. The number of hydrogen-bond acceptors (Lipinski definition) is 4. The number of carboxylic acid groups (broad SMARTS) is 1. The van der Waals surface area contributed by atoms with Gasteiger partial charge in [0.1, 0.15) is 12.4 Å². The lowest BCUT2D eigenvalue weighted by atomic mass is 9.97. The maximum Gasteiger partial charge on any atom is 0.407 e. The Balaban J connectivity index is 2.23. The Morgan fingerprint density at radius 1 is 1.11 bits per heavy atom. The van der Waals surface area contributed by atoms with Crippen molar-refractivity contribution in [3.63, 3.8) is 0 Å². The molecule has 1 unspecified atom stereocenters. The summed E-state index contributed by atoms with van der Waals surface area (Å²) in [6.07, 6.45) is -0.555. The number of benzene rings is 2. The molecule has 0 saturated carbocycles. The summed E-state index contributed by atoms with van der Waals surface area (Å²) in [6, 6.07) is 16.6. The van der Waals surface area contributed by atoms with Crippen molar-refractivity contribution in [2.24, 2.45) is 0 Å². The third-order valence-electron chi connectivity index (χ3n) is 4.09. The van der Waals surface area contributed by atoms with Gasteiger partial charge in [0.15, 0.2) is 0 Å². The van der Waals surface area contributed by atoms with Crippen molar-refractivity contribution in [1.82, 2.24) is 4.90 Å². The molecule has 2 aromatic rings. The van der Waals surface area contributed by atoms with Crippen LogP contribution in [0.25, 0.3) is 0 Å². The first-order valence-corrected chi connectivity index (χ1v) is 8.82. The van der Waals surface area contributed by atoms with E-state index in [-0.39, 0.29) is 19.8 Å². The molecule has 0 bridgehead atoms. The first-order valence-electron chi connectivity index (χ1n) is 8.44. The molecule has 7 heteroatoms. The van der Waals surface area contributed by atoms with Gasteiger partial charge in [-0.3, -0.25) is 9.69 Å². The Morgan fingerprint density at radius 2 is 1.78 bits per heavy atom. The lowest BCUT2D eigenvalue weighted by Crippen LogP contribution is -2.37. The Hall–Kier alpha value is -2.57. The largest absolute Gasteiger partial charge is 0.497 e. The van der Waals surface area contributed by atoms with Crippen LogP contribution in [-0.2, 0) is 16.0 Å². The Morgan fingerprint density at radius 3 is 2.33 bits per heavy atom. The summed E-state index contributed by atoms with van der Waals surface area (Å²) < 4.78 is 10.3. The van der Waals surface area contributed by atoms with Crippen LogP contribution in [0.2, 0.25) is 0 Å². The van der Waals surface area contributed by atoms with Gasteiger partial charge in [-0.15, -0.1) is 0 Å². The predicted molar refractivity (Wildman–Crippen MR) is 102 cm³/mol. The topological polar surface area (TPSA) is 76.1 Å². The fourth-order valence-electron chi connectivity index (χ4n) is 2.77. The van der Waals surface area contributed by atoms with E-state index >= 15 is 0 Å². The molecule has 27 heavy (non-hydrogen) atoms. The summed E-state index contributed by atoms with van der Waals surface area (Å²) >= 11 is 5.24. The normalized spacial score (nSPS) is 11.6. The molecule has 144 valence electrons. The van der Waals surface area contributed by atoms with Crippen LogP contribution in [0.4, 0.5) is 4.79 Å². The van der Waals surface area contributed by atoms with E-state index in [1.807, 2.05) is 42.5 Å². The molecule has 0 fully saturated rings. The van der Waals surface area contributed by atoms with E-state index in [0.717, 1.165) is 11.1 Å².